The lowest BCUT2D eigenvalue weighted by Crippen LogP contribution is -2.48. The van der Waals surface area contributed by atoms with Crippen molar-refractivity contribution >= 4 is 23.9 Å². The number of hydrogen-bond donors (Lipinski definition) is 4. The molecule has 1 fully saturated rings. The summed E-state index contributed by atoms with van der Waals surface area (Å²) in [5, 5.41) is 12.4. The van der Waals surface area contributed by atoms with Gasteiger partial charge in [0.1, 0.15) is 19.0 Å². The first-order valence-electron chi connectivity index (χ1n) is 3.84. The fraction of sp³-hybridized carbons (Fsp3) is 0.333. The first-order valence-corrected chi connectivity index (χ1v) is 3.84. The number of carbonyl (C=O) groups excluding carboxylic acids is 2. The Kier molecular flexibility index (Phi) is 3.57. The fourth-order valence-electron chi connectivity index (χ4n) is 0.736. The lowest BCUT2D eigenvalue weighted by atomic mass is 10.6. The van der Waals surface area contributed by atoms with Gasteiger partial charge in [0.05, 0.1) is 0 Å². The summed E-state index contributed by atoms with van der Waals surface area (Å²) in [7, 11) is 0. The van der Waals surface area contributed by atoms with E-state index < -0.39 is 24.6 Å². The molecule has 0 unspecified atom stereocenters. The van der Waals surface area contributed by atoms with Gasteiger partial charge in [-0.05, 0) is 0 Å². The van der Waals surface area contributed by atoms with Crippen LogP contribution in [0.2, 0.25) is 0 Å². The minimum absolute atomic E-state index is 0.00152. The van der Waals surface area contributed by atoms with Crippen LogP contribution in [0.25, 0.3) is 0 Å². The van der Waals surface area contributed by atoms with E-state index in [9.17, 15) is 14.4 Å². The maximum atomic E-state index is 10.9. The van der Waals surface area contributed by atoms with Crippen molar-refractivity contribution < 1.29 is 24.3 Å². The highest BCUT2D eigenvalue weighted by molar-refractivity contribution is 6.04. The van der Waals surface area contributed by atoms with Crippen molar-refractivity contribution in [3.05, 3.63) is 0 Å². The molecule has 1 rings (SSSR count). The molecule has 0 aromatic carbocycles. The van der Waals surface area contributed by atoms with Crippen LogP contribution >= 0.6 is 0 Å². The van der Waals surface area contributed by atoms with Crippen molar-refractivity contribution in [3.63, 3.8) is 0 Å². The molecule has 9 heteroatoms. The highest BCUT2D eigenvalue weighted by Crippen LogP contribution is 1.85. The van der Waals surface area contributed by atoms with Gasteiger partial charge in [0, 0.05) is 0 Å². The van der Waals surface area contributed by atoms with Crippen molar-refractivity contribution in [2.75, 3.05) is 13.2 Å². The number of aliphatic imine (C=N–C) groups is 1. The highest BCUT2D eigenvalue weighted by Gasteiger charge is 2.14. The molecule has 0 atom stereocenters. The molecular formula is C6H8N4O5. The van der Waals surface area contributed by atoms with Crippen molar-refractivity contribution in [3.8, 4) is 0 Å². The fourth-order valence-corrected chi connectivity index (χ4v) is 0.736. The number of nitrogens with zero attached hydrogens (tertiary/aromatic N) is 1. The zero-order valence-electron chi connectivity index (χ0n) is 7.44. The van der Waals surface area contributed by atoms with E-state index in [2.05, 4.69) is 15.1 Å². The minimum atomic E-state index is -1.19. The maximum absolute atomic E-state index is 10.9. The number of carboxylic acids is 1. The van der Waals surface area contributed by atoms with Gasteiger partial charge >= 0.3 is 18.0 Å². The Morgan fingerprint density at radius 2 is 2.33 bits per heavy atom. The largest absolute Gasteiger partial charge is 0.480 e. The van der Waals surface area contributed by atoms with Crippen LogP contribution in [-0.4, -0.2) is 42.1 Å². The Morgan fingerprint density at radius 3 is 2.93 bits per heavy atom. The SMILES string of the molecule is O=C(O)CNC(=O)N=C1CONC(=O)N1. The maximum Gasteiger partial charge on any atom is 0.344 e. The minimum Gasteiger partial charge on any atom is -0.480 e. The van der Waals surface area contributed by atoms with E-state index in [4.69, 9.17) is 5.11 Å². The molecule has 0 spiro atoms. The molecule has 9 nitrogen and oxygen atoms in total. The Labute approximate surface area is 83.4 Å². The van der Waals surface area contributed by atoms with E-state index in [1.807, 2.05) is 10.8 Å². The van der Waals surface area contributed by atoms with Gasteiger partial charge in [0.2, 0.25) is 0 Å². The zero-order valence-corrected chi connectivity index (χ0v) is 7.44. The second kappa shape index (κ2) is 4.91. The van der Waals surface area contributed by atoms with Gasteiger partial charge in [-0.25, -0.2) is 15.1 Å². The van der Waals surface area contributed by atoms with Crippen LogP contribution in [0.3, 0.4) is 0 Å². The monoisotopic (exact) mass is 216 g/mol. The first-order chi connectivity index (χ1) is 7.08. The average Bonchev–Trinajstić information content (AvgIpc) is 2.15. The highest BCUT2D eigenvalue weighted by atomic mass is 16.7. The molecule has 1 saturated heterocycles. The molecule has 1 aliphatic heterocycles. The number of aliphatic carboxylic acids is 1. The first kappa shape index (κ1) is 10.9. The lowest BCUT2D eigenvalue weighted by molar-refractivity contribution is -0.135. The van der Waals surface area contributed by atoms with Crippen LogP contribution in [0.15, 0.2) is 4.99 Å². The van der Waals surface area contributed by atoms with Gasteiger partial charge in [0.25, 0.3) is 0 Å². The standard InChI is InChI=1S/C6H8N4O5/c11-4(12)1-7-5(13)8-3-2-15-10-6(14)9-3/h1-2H2,(H,11,12)(H3,7,8,9,10,13,14). The van der Waals surface area contributed by atoms with Crippen molar-refractivity contribution in [2.24, 2.45) is 4.99 Å². The van der Waals surface area contributed by atoms with Crippen LogP contribution in [0.5, 0.6) is 0 Å². The lowest BCUT2D eigenvalue weighted by Gasteiger charge is -2.14. The number of hydroxylamine groups is 1. The predicted octanol–water partition coefficient (Wildman–Crippen LogP) is -1.58. The number of rotatable bonds is 2. The molecule has 82 valence electrons. The second-order valence-electron chi connectivity index (χ2n) is 2.46. The van der Waals surface area contributed by atoms with Crippen LogP contribution < -0.4 is 16.1 Å². The van der Waals surface area contributed by atoms with Crippen molar-refractivity contribution in [1.29, 1.82) is 0 Å². The third-order valence-corrected chi connectivity index (χ3v) is 1.26. The molecular weight excluding hydrogens is 208 g/mol. The molecule has 0 bridgehead atoms. The number of hydrogen-bond acceptors (Lipinski definition) is 4. The van der Waals surface area contributed by atoms with Gasteiger partial charge in [-0.15, -0.1) is 0 Å². The number of nitrogens with one attached hydrogen (secondary N) is 3. The predicted molar refractivity (Wildman–Crippen MR) is 46.1 cm³/mol. The molecule has 0 aliphatic carbocycles. The zero-order chi connectivity index (χ0) is 11.3. The number of carbonyl (C=O) groups is 3. The summed E-state index contributed by atoms with van der Waals surface area (Å²) >= 11 is 0. The van der Waals surface area contributed by atoms with E-state index >= 15 is 0 Å². The van der Waals surface area contributed by atoms with Gasteiger partial charge in [-0.2, -0.15) is 4.99 Å². The summed E-state index contributed by atoms with van der Waals surface area (Å²) in [6.07, 6.45) is 0. The van der Waals surface area contributed by atoms with E-state index in [1.165, 1.54) is 0 Å². The number of urea groups is 2. The van der Waals surface area contributed by atoms with E-state index in [0.717, 1.165) is 0 Å². The van der Waals surface area contributed by atoms with Gasteiger partial charge < -0.3 is 10.4 Å². The Hall–Kier alpha value is -2.16. The molecule has 0 aromatic heterocycles. The molecule has 4 N–H and O–H groups in total. The number of carboxylic acid groups (broad SMARTS) is 1. The summed E-state index contributed by atoms with van der Waals surface area (Å²) in [6.45, 7) is -0.630. The normalized spacial score (nSPS) is 17.9. The quantitative estimate of drug-likeness (QED) is 0.442. The molecule has 0 saturated carbocycles. The van der Waals surface area contributed by atoms with Gasteiger partial charge in [-0.1, -0.05) is 0 Å². The Balaban J connectivity index is 2.43. The van der Waals surface area contributed by atoms with Crippen LogP contribution in [0, 0.1) is 0 Å². The molecule has 15 heavy (non-hydrogen) atoms. The van der Waals surface area contributed by atoms with Gasteiger partial charge in [-0.3, -0.25) is 14.9 Å². The summed E-state index contributed by atoms with van der Waals surface area (Å²) in [5.74, 6) is -1.18. The molecule has 0 radical (unpaired) electrons. The summed E-state index contributed by atoms with van der Waals surface area (Å²) in [6, 6.07) is -1.51. The molecule has 4 amide bonds. The van der Waals surface area contributed by atoms with E-state index in [0.29, 0.717) is 0 Å². The van der Waals surface area contributed by atoms with Crippen LogP contribution in [-0.2, 0) is 9.63 Å². The van der Waals surface area contributed by atoms with Crippen molar-refractivity contribution in [2.45, 2.75) is 0 Å². The molecule has 1 heterocycles. The molecule has 1 aliphatic rings. The summed E-state index contributed by atoms with van der Waals surface area (Å²) in [4.78, 5) is 39.6. The third-order valence-electron chi connectivity index (χ3n) is 1.26. The van der Waals surface area contributed by atoms with Gasteiger partial charge in [0.15, 0.2) is 0 Å². The average molecular weight is 216 g/mol. The number of amidine groups is 1. The summed E-state index contributed by atoms with van der Waals surface area (Å²) in [5.41, 5.74) is 1.98. The summed E-state index contributed by atoms with van der Waals surface area (Å²) < 4.78 is 0. The topological polar surface area (TPSA) is 129 Å². The second-order valence-corrected chi connectivity index (χ2v) is 2.46. The van der Waals surface area contributed by atoms with Crippen LogP contribution in [0.1, 0.15) is 0 Å². The number of amides is 4. The molecule has 0 aromatic rings. The Morgan fingerprint density at radius 1 is 1.60 bits per heavy atom. The van der Waals surface area contributed by atoms with E-state index in [-0.39, 0.29) is 12.4 Å². The Bertz CT molecular complexity index is 325. The van der Waals surface area contributed by atoms with E-state index in [1.54, 1.807) is 0 Å². The third kappa shape index (κ3) is 4.04. The van der Waals surface area contributed by atoms with Crippen LogP contribution in [0.4, 0.5) is 9.59 Å². The smallest absolute Gasteiger partial charge is 0.344 e. The van der Waals surface area contributed by atoms with Crippen molar-refractivity contribution in [1.82, 2.24) is 16.1 Å².